The highest BCUT2D eigenvalue weighted by Gasteiger charge is 2.30. The molecule has 220 valence electrons. The number of benzene rings is 2. The van der Waals surface area contributed by atoms with E-state index in [4.69, 9.17) is 11.5 Å². The Bertz CT molecular complexity index is 1550. The number of rotatable bonds is 8. The van der Waals surface area contributed by atoms with Gasteiger partial charge in [0.1, 0.15) is 17.3 Å². The molecule has 1 aliphatic heterocycles. The number of alkyl halides is 3. The number of imidazole rings is 1. The number of aromatic nitrogens is 4. The fraction of sp³-hybridized carbons (Fsp3) is 0.286. The number of carbonyl (C=O) groups excluding carboxylic acids is 1. The van der Waals surface area contributed by atoms with Gasteiger partial charge in [-0.3, -0.25) is 4.79 Å². The van der Waals surface area contributed by atoms with E-state index in [0.29, 0.717) is 59.7 Å². The van der Waals surface area contributed by atoms with Gasteiger partial charge >= 0.3 is 6.18 Å². The van der Waals surface area contributed by atoms with Crippen LogP contribution in [-0.2, 0) is 12.7 Å². The van der Waals surface area contributed by atoms with Crippen LogP contribution in [0.15, 0.2) is 54.7 Å². The minimum Gasteiger partial charge on any atom is -0.368 e. The highest BCUT2D eigenvalue weighted by molar-refractivity contribution is 6.04. The van der Waals surface area contributed by atoms with Crippen molar-refractivity contribution in [2.24, 2.45) is 11.7 Å². The zero-order chi connectivity index (χ0) is 29.9. The molecule has 0 saturated carbocycles. The number of hydrogen-bond acceptors (Lipinski definition) is 8. The molecule has 0 atom stereocenters. The van der Waals surface area contributed by atoms with Crippen molar-refractivity contribution < 1.29 is 22.4 Å². The third kappa shape index (κ3) is 6.60. The average Bonchev–Trinajstić information content (AvgIpc) is 3.47. The largest absolute Gasteiger partial charge is 0.416 e. The number of carbonyl (C=O) groups is 1. The van der Waals surface area contributed by atoms with Crippen LogP contribution in [-0.4, -0.2) is 45.5 Å². The van der Waals surface area contributed by atoms with Crippen LogP contribution in [0, 0.1) is 11.7 Å². The van der Waals surface area contributed by atoms with Gasteiger partial charge in [-0.1, -0.05) is 18.2 Å². The number of para-hydroxylation sites is 1. The van der Waals surface area contributed by atoms with Gasteiger partial charge in [0.25, 0.3) is 5.91 Å². The van der Waals surface area contributed by atoms with E-state index in [2.05, 4.69) is 30.6 Å². The maximum atomic E-state index is 14.9. The molecule has 14 heteroatoms. The second kappa shape index (κ2) is 12.0. The van der Waals surface area contributed by atoms with Crippen LogP contribution in [0.25, 0.3) is 11.4 Å². The summed E-state index contributed by atoms with van der Waals surface area (Å²) in [5.74, 6) is -0.407. The van der Waals surface area contributed by atoms with Gasteiger partial charge in [-0.15, -0.1) is 0 Å². The summed E-state index contributed by atoms with van der Waals surface area (Å²) in [6.45, 7) is 2.02. The molecule has 2 aromatic heterocycles. The summed E-state index contributed by atoms with van der Waals surface area (Å²) in [7, 11) is 0. The Kier molecular flexibility index (Phi) is 8.24. The third-order valence-corrected chi connectivity index (χ3v) is 7.05. The quantitative estimate of drug-likeness (QED) is 0.188. The van der Waals surface area contributed by atoms with E-state index < -0.39 is 23.5 Å². The van der Waals surface area contributed by atoms with Gasteiger partial charge in [0.2, 0.25) is 5.95 Å². The molecular formula is C28H29F4N9O. The highest BCUT2D eigenvalue weighted by atomic mass is 19.4. The maximum Gasteiger partial charge on any atom is 0.416 e. The number of halogens is 4. The van der Waals surface area contributed by atoms with E-state index >= 15 is 0 Å². The fourth-order valence-electron chi connectivity index (χ4n) is 4.77. The normalized spacial score (nSPS) is 14.2. The van der Waals surface area contributed by atoms with Gasteiger partial charge in [-0.05, 0) is 55.1 Å². The summed E-state index contributed by atoms with van der Waals surface area (Å²) in [4.78, 5) is 30.4. The SMILES string of the molecule is NCC1CCN(c2c(F)cccc2NC(=O)c2nc(-c3cc(NCc4ccc(C(F)(F)F)cc4)nc(N)n3)c[nH]2)CC1. The first-order chi connectivity index (χ1) is 20.1. The molecule has 1 saturated heterocycles. The minimum absolute atomic E-state index is 0.0292. The van der Waals surface area contributed by atoms with Gasteiger partial charge in [0.05, 0.1) is 22.6 Å². The van der Waals surface area contributed by atoms with Gasteiger partial charge in [-0.2, -0.15) is 18.2 Å². The number of anilines is 4. The zero-order valence-corrected chi connectivity index (χ0v) is 22.4. The molecule has 5 rings (SSSR count). The molecule has 0 radical (unpaired) electrons. The zero-order valence-electron chi connectivity index (χ0n) is 22.4. The van der Waals surface area contributed by atoms with Crippen LogP contribution < -0.4 is 27.0 Å². The van der Waals surface area contributed by atoms with Crippen molar-refractivity contribution in [2.75, 3.05) is 40.9 Å². The van der Waals surface area contributed by atoms with Crippen LogP contribution >= 0.6 is 0 Å². The Hall–Kier alpha value is -4.72. The Labute approximate surface area is 238 Å². The molecule has 3 heterocycles. The molecule has 0 aliphatic carbocycles. The lowest BCUT2D eigenvalue weighted by Gasteiger charge is -2.34. The van der Waals surface area contributed by atoms with Crippen molar-refractivity contribution in [3.05, 3.63) is 77.5 Å². The molecule has 2 aromatic carbocycles. The standard InChI is InChI=1S/C28H29F4N9O/c29-19-2-1-3-20(24(19)41-10-8-16(13-33)9-11-41)38-26(42)25-36-15-22(37-25)21-12-23(40-27(34)39-21)35-14-17-4-6-18(7-5-17)28(30,31)32/h1-7,12,15-16H,8-11,13-14,33H2,(H,36,37)(H,38,42)(H3,34,35,39,40). The molecule has 1 fully saturated rings. The van der Waals surface area contributed by atoms with Crippen molar-refractivity contribution in [1.29, 1.82) is 0 Å². The number of nitrogens with one attached hydrogen (secondary N) is 3. The van der Waals surface area contributed by atoms with Crippen molar-refractivity contribution in [1.82, 2.24) is 19.9 Å². The molecule has 7 N–H and O–H groups in total. The number of H-pyrrole nitrogens is 1. The molecule has 0 spiro atoms. The summed E-state index contributed by atoms with van der Waals surface area (Å²) < 4.78 is 53.3. The van der Waals surface area contributed by atoms with Gasteiger partial charge in [0.15, 0.2) is 5.82 Å². The molecule has 0 unspecified atom stereocenters. The molecule has 42 heavy (non-hydrogen) atoms. The molecular weight excluding hydrogens is 554 g/mol. The number of hydrogen-bond donors (Lipinski definition) is 5. The monoisotopic (exact) mass is 583 g/mol. The average molecular weight is 584 g/mol. The second-order valence-corrected chi connectivity index (χ2v) is 9.94. The smallest absolute Gasteiger partial charge is 0.368 e. The van der Waals surface area contributed by atoms with E-state index in [9.17, 15) is 22.4 Å². The van der Waals surface area contributed by atoms with Crippen LogP contribution in [0.5, 0.6) is 0 Å². The number of aromatic amines is 1. The summed E-state index contributed by atoms with van der Waals surface area (Å²) in [6, 6.07) is 10.8. The Morgan fingerprint density at radius 1 is 1.05 bits per heavy atom. The fourth-order valence-corrected chi connectivity index (χ4v) is 4.77. The van der Waals surface area contributed by atoms with Crippen molar-refractivity contribution in [3.63, 3.8) is 0 Å². The van der Waals surface area contributed by atoms with Crippen molar-refractivity contribution >= 4 is 29.0 Å². The van der Waals surface area contributed by atoms with E-state index in [1.54, 1.807) is 12.1 Å². The first-order valence-electron chi connectivity index (χ1n) is 13.3. The number of piperidine rings is 1. The van der Waals surface area contributed by atoms with Crippen LogP contribution in [0.3, 0.4) is 0 Å². The Morgan fingerprint density at radius 2 is 1.79 bits per heavy atom. The topological polar surface area (TPSA) is 151 Å². The number of nitrogen functional groups attached to an aromatic ring is 1. The van der Waals surface area contributed by atoms with Crippen LogP contribution in [0.4, 0.5) is 40.7 Å². The molecule has 1 aliphatic rings. The van der Waals surface area contributed by atoms with Crippen LogP contribution in [0.2, 0.25) is 0 Å². The minimum atomic E-state index is -4.41. The number of nitrogens with two attached hydrogens (primary N) is 2. The van der Waals surface area contributed by atoms with E-state index in [-0.39, 0.29) is 18.3 Å². The summed E-state index contributed by atoms with van der Waals surface area (Å²) in [5.41, 5.74) is 12.8. The summed E-state index contributed by atoms with van der Waals surface area (Å²) >= 11 is 0. The van der Waals surface area contributed by atoms with E-state index in [1.165, 1.54) is 30.5 Å². The Balaban J connectivity index is 1.28. The van der Waals surface area contributed by atoms with E-state index in [1.807, 2.05) is 4.90 Å². The molecule has 10 nitrogen and oxygen atoms in total. The summed E-state index contributed by atoms with van der Waals surface area (Å²) in [5, 5.41) is 5.75. The lowest BCUT2D eigenvalue weighted by molar-refractivity contribution is -0.137. The maximum absolute atomic E-state index is 14.9. The van der Waals surface area contributed by atoms with Crippen LogP contribution in [0.1, 0.15) is 34.6 Å². The van der Waals surface area contributed by atoms with Gasteiger partial charge in [-0.25, -0.2) is 14.4 Å². The molecule has 1 amide bonds. The first kappa shape index (κ1) is 28.8. The molecule has 0 bridgehead atoms. The number of amides is 1. The predicted octanol–water partition coefficient (Wildman–Crippen LogP) is 4.65. The third-order valence-electron chi connectivity index (χ3n) is 7.05. The second-order valence-electron chi connectivity index (χ2n) is 9.94. The number of nitrogens with zero attached hydrogens (tertiary/aromatic N) is 4. The molecule has 4 aromatic rings. The summed E-state index contributed by atoms with van der Waals surface area (Å²) in [6.07, 6.45) is -1.27. The van der Waals surface area contributed by atoms with Crippen molar-refractivity contribution in [3.8, 4) is 11.4 Å². The van der Waals surface area contributed by atoms with Crippen molar-refractivity contribution in [2.45, 2.75) is 25.6 Å². The predicted molar refractivity (Wildman–Crippen MR) is 151 cm³/mol. The highest BCUT2D eigenvalue weighted by Crippen LogP contribution is 2.33. The lowest BCUT2D eigenvalue weighted by Crippen LogP contribution is -2.37. The van der Waals surface area contributed by atoms with Gasteiger partial charge in [0, 0.05) is 31.9 Å². The van der Waals surface area contributed by atoms with E-state index in [0.717, 1.165) is 25.0 Å². The first-order valence-corrected chi connectivity index (χ1v) is 13.3. The Morgan fingerprint density at radius 3 is 2.48 bits per heavy atom. The lowest BCUT2D eigenvalue weighted by atomic mass is 9.96. The van der Waals surface area contributed by atoms with Gasteiger partial charge < -0.3 is 32.0 Å².